The van der Waals surface area contributed by atoms with Crippen LogP contribution < -0.4 is 15.8 Å². The van der Waals surface area contributed by atoms with Gasteiger partial charge < -0.3 is 11.1 Å². The van der Waals surface area contributed by atoms with Crippen molar-refractivity contribution in [2.24, 2.45) is 0 Å². The topological polar surface area (TPSA) is 101 Å². The average molecular weight is 361 g/mol. The van der Waals surface area contributed by atoms with Crippen LogP contribution >= 0.6 is 0 Å². The molecule has 0 heterocycles. The van der Waals surface area contributed by atoms with Gasteiger partial charge in [0.1, 0.15) is 0 Å². The molecule has 0 radical (unpaired) electrons. The lowest BCUT2D eigenvalue weighted by molar-refractivity contribution is 0.0951. The molecule has 0 saturated heterocycles. The van der Waals surface area contributed by atoms with Gasteiger partial charge in [-0.25, -0.2) is 13.1 Å². The third-order valence-corrected chi connectivity index (χ3v) is 5.21. The number of carbonyl (C=O) groups is 1. The summed E-state index contributed by atoms with van der Waals surface area (Å²) in [7, 11) is -3.70. The summed E-state index contributed by atoms with van der Waals surface area (Å²) in [6, 6.07) is 13.3. The minimum atomic E-state index is -3.70. The Balaban J connectivity index is 2.22. The van der Waals surface area contributed by atoms with E-state index in [1.807, 2.05) is 0 Å². The molecule has 0 aliphatic rings. The molecule has 0 bridgehead atoms. The summed E-state index contributed by atoms with van der Waals surface area (Å²) in [5, 5.41) is 2.72. The number of sulfonamides is 1. The normalized spacial score (nSPS) is 12.0. The monoisotopic (exact) mass is 361 g/mol. The van der Waals surface area contributed by atoms with Gasteiger partial charge in [-0.2, -0.15) is 0 Å². The summed E-state index contributed by atoms with van der Waals surface area (Å²) < 4.78 is 27.8. The van der Waals surface area contributed by atoms with Crippen LogP contribution in [0.2, 0.25) is 0 Å². The number of carbonyl (C=O) groups excluding carboxylic acids is 1. The SMILES string of the molecule is CC(C)(C)NS(=O)(=O)c1ccccc1CNC(=O)c1ccccc1N. The highest BCUT2D eigenvalue weighted by Gasteiger charge is 2.24. The number of nitrogen functional groups attached to an aromatic ring is 1. The summed E-state index contributed by atoms with van der Waals surface area (Å²) in [5.74, 6) is -0.353. The lowest BCUT2D eigenvalue weighted by Crippen LogP contribution is -2.41. The van der Waals surface area contributed by atoms with E-state index in [0.29, 0.717) is 16.8 Å². The smallest absolute Gasteiger partial charge is 0.253 e. The van der Waals surface area contributed by atoms with E-state index in [2.05, 4.69) is 10.0 Å². The second-order valence-electron chi connectivity index (χ2n) is 6.73. The Labute approximate surface area is 148 Å². The molecular weight excluding hydrogens is 338 g/mol. The molecule has 7 heteroatoms. The van der Waals surface area contributed by atoms with Gasteiger partial charge in [-0.05, 0) is 44.5 Å². The molecule has 2 aromatic rings. The highest BCUT2D eigenvalue weighted by Crippen LogP contribution is 2.18. The second-order valence-corrected chi connectivity index (χ2v) is 8.38. The van der Waals surface area contributed by atoms with Gasteiger partial charge in [0, 0.05) is 17.8 Å². The second kappa shape index (κ2) is 7.25. The molecule has 134 valence electrons. The van der Waals surface area contributed by atoms with Crippen molar-refractivity contribution in [2.45, 2.75) is 37.8 Å². The van der Waals surface area contributed by atoms with Crippen molar-refractivity contribution >= 4 is 21.6 Å². The predicted molar refractivity (Wildman–Crippen MR) is 98.5 cm³/mol. The van der Waals surface area contributed by atoms with Crippen LogP contribution in [0, 0.1) is 0 Å². The highest BCUT2D eigenvalue weighted by atomic mass is 32.2. The van der Waals surface area contributed by atoms with E-state index in [9.17, 15) is 13.2 Å². The number of hydrogen-bond acceptors (Lipinski definition) is 4. The van der Waals surface area contributed by atoms with Gasteiger partial charge in [0.05, 0.1) is 10.5 Å². The molecule has 0 unspecified atom stereocenters. The van der Waals surface area contributed by atoms with Crippen molar-refractivity contribution in [3.63, 3.8) is 0 Å². The lowest BCUT2D eigenvalue weighted by Gasteiger charge is -2.21. The summed E-state index contributed by atoms with van der Waals surface area (Å²) in [4.78, 5) is 12.4. The van der Waals surface area contributed by atoms with E-state index < -0.39 is 15.6 Å². The van der Waals surface area contributed by atoms with Gasteiger partial charge in [-0.3, -0.25) is 4.79 Å². The first-order valence-corrected chi connectivity index (χ1v) is 9.33. The highest BCUT2D eigenvalue weighted by molar-refractivity contribution is 7.89. The Morgan fingerprint density at radius 3 is 2.28 bits per heavy atom. The van der Waals surface area contributed by atoms with E-state index in [4.69, 9.17) is 5.73 Å². The molecule has 0 atom stereocenters. The van der Waals surface area contributed by atoms with E-state index in [1.54, 1.807) is 63.2 Å². The molecule has 2 rings (SSSR count). The van der Waals surface area contributed by atoms with Crippen molar-refractivity contribution in [3.8, 4) is 0 Å². The number of para-hydroxylation sites is 1. The van der Waals surface area contributed by atoms with E-state index in [0.717, 1.165) is 0 Å². The van der Waals surface area contributed by atoms with Gasteiger partial charge in [-0.1, -0.05) is 30.3 Å². The van der Waals surface area contributed by atoms with Crippen LogP contribution in [0.3, 0.4) is 0 Å². The van der Waals surface area contributed by atoms with Crippen LogP contribution in [0.1, 0.15) is 36.7 Å². The van der Waals surface area contributed by atoms with E-state index >= 15 is 0 Å². The van der Waals surface area contributed by atoms with E-state index in [1.165, 1.54) is 6.07 Å². The fraction of sp³-hybridized carbons (Fsp3) is 0.278. The number of anilines is 1. The van der Waals surface area contributed by atoms with Crippen molar-refractivity contribution in [1.29, 1.82) is 0 Å². The maximum atomic E-state index is 12.6. The van der Waals surface area contributed by atoms with Gasteiger partial charge in [0.15, 0.2) is 0 Å². The first-order chi connectivity index (χ1) is 11.6. The third-order valence-electron chi connectivity index (χ3n) is 3.35. The van der Waals surface area contributed by atoms with Crippen LogP contribution in [-0.2, 0) is 16.6 Å². The zero-order valence-electron chi connectivity index (χ0n) is 14.5. The van der Waals surface area contributed by atoms with Crippen molar-refractivity contribution in [2.75, 3.05) is 5.73 Å². The lowest BCUT2D eigenvalue weighted by atomic mass is 10.1. The molecule has 6 nitrogen and oxygen atoms in total. The molecule has 2 aromatic carbocycles. The average Bonchev–Trinajstić information content (AvgIpc) is 2.51. The standard InChI is InChI=1S/C18H23N3O3S/c1-18(2,3)21-25(23,24)16-11-7-4-8-13(16)12-20-17(22)14-9-5-6-10-15(14)19/h4-11,21H,12,19H2,1-3H3,(H,20,22). The summed E-state index contributed by atoms with van der Waals surface area (Å²) >= 11 is 0. The Hall–Kier alpha value is -2.38. The van der Waals surface area contributed by atoms with Crippen LogP contribution in [-0.4, -0.2) is 19.9 Å². The maximum Gasteiger partial charge on any atom is 0.253 e. The zero-order valence-corrected chi connectivity index (χ0v) is 15.4. The van der Waals surface area contributed by atoms with E-state index in [-0.39, 0.29) is 17.3 Å². The Morgan fingerprint density at radius 2 is 1.64 bits per heavy atom. The third kappa shape index (κ3) is 5.04. The summed E-state index contributed by atoms with van der Waals surface area (Å²) in [6.45, 7) is 5.39. The van der Waals surface area contributed by atoms with Gasteiger partial charge in [-0.15, -0.1) is 0 Å². The number of nitrogens with one attached hydrogen (secondary N) is 2. The van der Waals surface area contributed by atoms with Crippen LogP contribution in [0.15, 0.2) is 53.4 Å². The van der Waals surface area contributed by atoms with Gasteiger partial charge >= 0.3 is 0 Å². The maximum absolute atomic E-state index is 12.6. The molecule has 1 amide bonds. The Kier molecular flexibility index (Phi) is 5.49. The van der Waals surface area contributed by atoms with Crippen molar-refractivity contribution in [1.82, 2.24) is 10.0 Å². The fourth-order valence-corrected chi connectivity index (χ4v) is 4.00. The quantitative estimate of drug-likeness (QED) is 0.711. The molecule has 0 aromatic heterocycles. The van der Waals surface area contributed by atoms with Crippen molar-refractivity contribution < 1.29 is 13.2 Å². The number of nitrogens with two attached hydrogens (primary N) is 1. The molecule has 0 spiro atoms. The minimum absolute atomic E-state index is 0.0778. The molecule has 0 saturated carbocycles. The summed E-state index contributed by atoms with van der Waals surface area (Å²) in [5.41, 5.74) is 6.42. The number of amides is 1. The molecular formula is C18H23N3O3S. The summed E-state index contributed by atoms with van der Waals surface area (Å²) in [6.07, 6.45) is 0. The predicted octanol–water partition coefficient (Wildman–Crippen LogP) is 2.28. The number of rotatable bonds is 5. The van der Waals surface area contributed by atoms with Crippen molar-refractivity contribution in [3.05, 3.63) is 59.7 Å². The Morgan fingerprint density at radius 1 is 1.04 bits per heavy atom. The van der Waals surface area contributed by atoms with Gasteiger partial charge in [0.2, 0.25) is 10.0 Å². The number of hydrogen-bond donors (Lipinski definition) is 3. The largest absolute Gasteiger partial charge is 0.398 e. The van der Waals surface area contributed by atoms with Crippen LogP contribution in [0.25, 0.3) is 0 Å². The van der Waals surface area contributed by atoms with Crippen LogP contribution in [0.4, 0.5) is 5.69 Å². The molecule has 4 N–H and O–H groups in total. The first-order valence-electron chi connectivity index (χ1n) is 7.85. The number of benzene rings is 2. The molecule has 0 aliphatic carbocycles. The minimum Gasteiger partial charge on any atom is -0.398 e. The van der Waals surface area contributed by atoms with Crippen LogP contribution in [0.5, 0.6) is 0 Å². The molecule has 25 heavy (non-hydrogen) atoms. The first kappa shape index (κ1) is 19.0. The van der Waals surface area contributed by atoms with Gasteiger partial charge in [0.25, 0.3) is 5.91 Å². The Bertz CT molecular complexity index is 871. The fourth-order valence-electron chi connectivity index (χ4n) is 2.34. The molecule has 0 fully saturated rings. The molecule has 0 aliphatic heterocycles. The zero-order chi connectivity index (χ0) is 18.7.